The van der Waals surface area contributed by atoms with E-state index in [9.17, 15) is 9.59 Å². The Morgan fingerprint density at radius 1 is 1.00 bits per heavy atom. The molecule has 0 amide bonds. The lowest BCUT2D eigenvalue weighted by atomic mass is 9.80. The van der Waals surface area contributed by atoms with E-state index < -0.39 is 11.9 Å². The van der Waals surface area contributed by atoms with Gasteiger partial charge in [0.15, 0.2) is 5.78 Å². The van der Waals surface area contributed by atoms with Crippen LogP contribution in [0.25, 0.3) is 5.70 Å². The highest BCUT2D eigenvalue weighted by Crippen LogP contribution is 2.47. The number of allylic oxidation sites excluding steroid dienone is 2. The number of ketones is 1. The Labute approximate surface area is 202 Å². The van der Waals surface area contributed by atoms with Gasteiger partial charge >= 0.3 is 5.97 Å². The topological polar surface area (TPSA) is 64.6 Å². The molecule has 1 atom stereocenters. The van der Waals surface area contributed by atoms with E-state index in [2.05, 4.69) is 5.32 Å². The molecular formula is C28H22ClNO4. The van der Waals surface area contributed by atoms with E-state index in [-0.39, 0.29) is 5.78 Å². The van der Waals surface area contributed by atoms with Crippen LogP contribution < -0.4 is 10.1 Å². The number of benzene rings is 3. The van der Waals surface area contributed by atoms with Crippen LogP contribution in [-0.4, -0.2) is 18.9 Å². The number of dihydropyridines is 1. The first-order chi connectivity index (χ1) is 16.5. The maximum absolute atomic E-state index is 13.5. The summed E-state index contributed by atoms with van der Waals surface area (Å²) in [5, 5.41) is 3.68. The molecule has 170 valence electrons. The molecular weight excluding hydrogens is 450 g/mol. The first-order valence-corrected chi connectivity index (χ1v) is 11.3. The fraction of sp³-hybridized carbons (Fsp3) is 0.143. The van der Waals surface area contributed by atoms with Crippen molar-refractivity contribution in [1.29, 1.82) is 0 Å². The molecule has 0 saturated carbocycles. The molecule has 0 unspecified atom stereocenters. The molecule has 1 heterocycles. The molecule has 5 rings (SSSR count). The van der Waals surface area contributed by atoms with Crippen molar-refractivity contribution < 1.29 is 19.1 Å². The third-order valence-corrected chi connectivity index (χ3v) is 6.48. The second-order valence-corrected chi connectivity index (χ2v) is 8.62. The Kier molecular flexibility index (Phi) is 5.72. The lowest BCUT2D eigenvalue weighted by Crippen LogP contribution is -2.29. The highest BCUT2D eigenvalue weighted by Gasteiger charge is 2.42. The molecule has 0 fully saturated rings. The number of hydrogen-bond acceptors (Lipinski definition) is 5. The molecule has 34 heavy (non-hydrogen) atoms. The fourth-order valence-corrected chi connectivity index (χ4v) is 4.84. The summed E-state index contributed by atoms with van der Waals surface area (Å²) >= 11 is 6.61. The molecule has 3 aromatic rings. The van der Waals surface area contributed by atoms with Crippen LogP contribution in [-0.2, 0) is 16.1 Å². The summed E-state index contributed by atoms with van der Waals surface area (Å²) in [6, 6.07) is 22.6. The van der Waals surface area contributed by atoms with Gasteiger partial charge in [0.2, 0.25) is 0 Å². The minimum absolute atomic E-state index is 0.113. The normalized spacial score (nSPS) is 16.7. The Bertz CT molecular complexity index is 1370. The Hall–Kier alpha value is -3.83. The monoisotopic (exact) mass is 471 g/mol. The number of Topliss-reactive ketones (excluding diaryl/α,β-unsaturated/α-hetero) is 1. The molecule has 0 saturated heterocycles. The Morgan fingerprint density at radius 2 is 1.71 bits per heavy atom. The number of hydrogen-bond donors (Lipinski definition) is 1. The minimum atomic E-state index is -0.621. The molecule has 0 spiro atoms. The zero-order chi connectivity index (χ0) is 23.8. The summed E-state index contributed by atoms with van der Waals surface area (Å²) in [6.45, 7) is 2.19. The molecule has 6 heteroatoms. The van der Waals surface area contributed by atoms with Crippen molar-refractivity contribution in [3.63, 3.8) is 0 Å². The zero-order valence-electron chi connectivity index (χ0n) is 18.7. The van der Waals surface area contributed by atoms with Crippen LogP contribution in [0.1, 0.15) is 39.9 Å². The second-order valence-electron chi connectivity index (χ2n) is 8.22. The van der Waals surface area contributed by atoms with Gasteiger partial charge in [-0.25, -0.2) is 4.79 Å². The highest BCUT2D eigenvalue weighted by atomic mass is 35.5. The molecule has 1 N–H and O–H groups in total. The highest BCUT2D eigenvalue weighted by molar-refractivity contribution is 6.32. The van der Waals surface area contributed by atoms with E-state index in [1.165, 1.54) is 7.11 Å². The van der Waals surface area contributed by atoms with E-state index >= 15 is 0 Å². The zero-order valence-corrected chi connectivity index (χ0v) is 19.5. The van der Waals surface area contributed by atoms with Gasteiger partial charge in [-0.1, -0.05) is 72.3 Å². The molecule has 0 bridgehead atoms. The molecule has 0 radical (unpaired) electrons. The SMILES string of the molecule is COC(=O)C1=C(C)NC2=C(C(=O)c3ccccc32)[C@@H]1c1ccc(OCc2ccccc2)c(Cl)c1. The van der Waals surface area contributed by atoms with Crippen molar-refractivity contribution in [2.45, 2.75) is 19.4 Å². The average Bonchev–Trinajstić information content (AvgIpc) is 3.14. The number of esters is 1. The third kappa shape index (κ3) is 3.68. The molecule has 1 aliphatic carbocycles. The number of ether oxygens (including phenoxy) is 2. The molecule has 2 aliphatic rings. The van der Waals surface area contributed by atoms with Crippen molar-refractivity contribution in [2.75, 3.05) is 7.11 Å². The van der Waals surface area contributed by atoms with E-state index in [1.807, 2.05) is 61.5 Å². The maximum atomic E-state index is 13.5. The summed E-state index contributed by atoms with van der Waals surface area (Å²) in [5.74, 6) is -0.702. The van der Waals surface area contributed by atoms with Gasteiger partial charge in [-0.2, -0.15) is 0 Å². The van der Waals surface area contributed by atoms with Crippen molar-refractivity contribution in [2.24, 2.45) is 0 Å². The number of nitrogens with one attached hydrogen (secondary N) is 1. The maximum Gasteiger partial charge on any atom is 0.336 e. The molecule has 0 aromatic heterocycles. The standard InChI is InChI=1S/C28H22ClNO4/c1-16-23(28(32)33-2)24(25-26(30-16)19-10-6-7-11-20(19)27(25)31)18-12-13-22(21(29)14-18)34-15-17-8-4-3-5-9-17/h3-14,24,30H,15H2,1-2H3/t24-/m1/s1. The van der Waals surface area contributed by atoms with Crippen LogP contribution >= 0.6 is 11.6 Å². The lowest BCUT2D eigenvalue weighted by molar-refractivity contribution is -0.136. The number of halogens is 1. The number of methoxy groups -OCH3 is 1. The molecule has 1 aliphatic heterocycles. The van der Waals surface area contributed by atoms with E-state index in [1.54, 1.807) is 18.2 Å². The minimum Gasteiger partial charge on any atom is -0.487 e. The summed E-state index contributed by atoms with van der Waals surface area (Å²) < 4.78 is 11.0. The Balaban J connectivity index is 1.55. The van der Waals surface area contributed by atoms with E-state index in [0.717, 1.165) is 16.8 Å². The van der Waals surface area contributed by atoms with E-state index in [0.29, 0.717) is 45.3 Å². The number of rotatable bonds is 5. The first-order valence-electron chi connectivity index (χ1n) is 10.9. The summed E-state index contributed by atoms with van der Waals surface area (Å²) in [6.07, 6.45) is 0. The van der Waals surface area contributed by atoms with Gasteiger partial charge in [-0.15, -0.1) is 0 Å². The smallest absolute Gasteiger partial charge is 0.336 e. The second kappa shape index (κ2) is 8.84. The number of carbonyl (C=O) groups excluding carboxylic acids is 2. The van der Waals surface area contributed by atoms with Crippen molar-refractivity contribution in [3.05, 3.63) is 117 Å². The van der Waals surface area contributed by atoms with Crippen LogP contribution in [0.15, 0.2) is 89.6 Å². The first kappa shape index (κ1) is 22.0. The van der Waals surface area contributed by atoms with Crippen molar-refractivity contribution in [1.82, 2.24) is 5.32 Å². The van der Waals surface area contributed by atoms with Crippen LogP contribution in [0.2, 0.25) is 5.02 Å². The summed E-state index contributed by atoms with van der Waals surface area (Å²) in [7, 11) is 1.34. The van der Waals surface area contributed by atoms with Crippen LogP contribution in [0.5, 0.6) is 5.75 Å². The van der Waals surface area contributed by atoms with Gasteiger partial charge in [0.25, 0.3) is 0 Å². The van der Waals surface area contributed by atoms with Crippen LogP contribution in [0.4, 0.5) is 0 Å². The Morgan fingerprint density at radius 3 is 2.41 bits per heavy atom. The average molecular weight is 472 g/mol. The predicted molar refractivity (Wildman–Crippen MR) is 131 cm³/mol. The van der Waals surface area contributed by atoms with Gasteiger partial charge in [0.05, 0.1) is 23.4 Å². The van der Waals surface area contributed by atoms with Gasteiger partial charge in [-0.05, 0) is 30.2 Å². The number of fused-ring (bicyclic) bond motifs is 2. The molecule has 3 aromatic carbocycles. The van der Waals surface area contributed by atoms with Crippen LogP contribution in [0.3, 0.4) is 0 Å². The van der Waals surface area contributed by atoms with Crippen molar-refractivity contribution in [3.8, 4) is 5.75 Å². The van der Waals surface area contributed by atoms with Gasteiger partial charge in [-0.3, -0.25) is 4.79 Å². The predicted octanol–water partition coefficient (Wildman–Crippen LogP) is 5.66. The number of carbonyl (C=O) groups is 2. The summed E-state index contributed by atoms with van der Waals surface area (Å²) in [4.78, 5) is 26.3. The van der Waals surface area contributed by atoms with Gasteiger partial charge < -0.3 is 14.8 Å². The van der Waals surface area contributed by atoms with Crippen molar-refractivity contribution >= 4 is 29.1 Å². The van der Waals surface area contributed by atoms with Gasteiger partial charge in [0, 0.05) is 28.3 Å². The fourth-order valence-electron chi connectivity index (χ4n) is 4.59. The third-order valence-electron chi connectivity index (χ3n) is 6.18. The van der Waals surface area contributed by atoms with Crippen LogP contribution in [0, 0.1) is 0 Å². The lowest BCUT2D eigenvalue weighted by Gasteiger charge is -2.29. The summed E-state index contributed by atoms with van der Waals surface area (Å²) in [5.41, 5.74) is 5.43. The van der Waals surface area contributed by atoms with E-state index in [4.69, 9.17) is 21.1 Å². The van der Waals surface area contributed by atoms with Gasteiger partial charge in [0.1, 0.15) is 12.4 Å². The molecule has 5 nitrogen and oxygen atoms in total. The quantitative estimate of drug-likeness (QED) is 0.486. The largest absolute Gasteiger partial charge is 0.487 e.